The first-order valence-electron chi connectivity index (χ1n) is 12.7. The first-order valence-corrected chi connectivity index (χ1v) is 12.7. The number of hydrogen-bond acceptors (Lipinski definition) is 0. The van der Waals surface area contributed by atoms with Gasteiger partial charge in [0.2, 0.25) is 0 Å². The predicted molar refractivity (Wildman–Crippen MR) is 129 cm³/mol. The van der Waals surface area contributed by atoms with Crippen LogP contribution >= 0.6 is 0 Å². The van der Waals surface area contributed by atoms with Gasteiger partial charge in [0.25, 0.3) is 0 Å². The molecule has 1 fully saturated rings. The molecule has 3 unspecified atom stereocenters. The van der Waals surface area contributed by atoms with Gasteiger partial charge in [-0.25, -0.2) is 0 Å². The van der Waals surface area contributed by atoms with Crippen molar-refractivity contribution in [3.8, 4) is 0 Å². The van der Waals surface area contributed by atoms with E-state index >= 15 is 0 Å². The topological polar surface area (TPSA) is 0 Å². The first kappa shape index (κ1) is 26.0. The molecule has 3 atom stereocenters. The second kappa shape index (κ2) is 9.43. The Morgan fingerprint density at radius 2 is 1.04 bits per heavy atom. The highest BCUT2D eigenvalue weighted by atomic mass is 14.5. The molecule has 0 radical (unpaired) electrons. The molecule has 0 spiro atoms. The van der Waals surface area contributed by atoms with Gasteiger partial charge in [0.1, 0.15) is 0 Å². The largest absolute Gasteiger partial charge is 0.0651 e. The summed E-state index contributed by atoms with van der Waals surface area (Å²) in [6.45, 7) is 27.8. The Morgan fingerprint density at radius 3 is 1.39 bits per heavy atom. The van der Waals surface area contributed by atoms with Gasteiger partial charge in [0, 0.05) is 0 Å². The van der Waals surface area contributed by atoms with E-state index in [9.17, 15) is 0 Å². The van der Waals surface area contributed by atoms with Crippen molar-refractivity contribution >= 4 is 0 Å². The average molecular weight is 393 g/mol. The Balaban J connectivity index is 3.07. The molecule has 0 amide bonds. The molecular formula is C28H56. The molecule has 0 aromatic heterocycles. The Hall–Kier alpha value is 0. The Morgan fingerprint density at radius 1 is 0.643 bits per heavy atom. The minimum absolute atomic E-state index is 0.392. The Kier molecular flexibility index (Phi) is 8.77. The zero-order chi connectivity index (χ0) is 21.9. The van der Waals surface area contributed by atoms with Crippen molar-refractivity contribution in [2.45, 2.75) is 147 Å². The fourth-order valence-corrected chi connectivity index (χ4v) is 6.59. The number of rotatable bonds is 5. The van der Waals surface area contributed by atoms with Gasteiger partial charge in [-0.05, 0) is 58.7 Å². The molecule has 0 nitrogen and oxygen atoms in total. The van der Waals surface area contributed by atoms with E-state index in [2.05, 4.69) is 76.2 Å². The fraction of sp³-hybridized carbons (Fsp3) is 1.00. The minimum Gasteiger partial charge on any atom is -0.0651 e. The normalized spacial score (nSPS) is 30.5. The maximum Gasteiger partial charge on any atom is -0.0267 e. The molecule has 0 bridgehead atoms. The lowest BCUT2D eigenvalue weighted by Crippen LogP contribution is -2.46. The lowest BCUT2D eigenvalue weighted by molar-refractivity contribution is -0.0519. The van der Waals surface area contributed by atoms with Gasteiger partial charge in [0.05, 0.1) is 0 Å². The standard InChI is InChI=1S/C28H56/c1-12-23(25(6,7)13-2)26(8,9)28(11)21-16-14-15-19-27(10,24(3,4)5)20-17-18-22-28/h23H,12-22H2,1-11H3. The Labute approximate surface area is 180 Å². The van der Waals surface area contributed by atoms with E-state index in [-0.39, 0.29) is 0 Å². The van der Waals surface area contributed by atoms with Crippen LogP contribution in [-0.2, 0) is 0 Å². The SMILES string of the molecule is CCC(C(C)(C)CC)C(C)(C)C1(C)CCCCCC(C)(C(C)(C)C)CCCC1. The summed E-state index contributed by atoms with van der Waals surface area (Å²) >= 11 is 0. The molecule has 1 saturated carbocycles. The van der Waals surface area contributed by atoms with Gasteiger partial charge in [-0.2, -0.15) is 0 Å². The first-order chi connectivity index (χ1) is 12.7. The third-order valence-corrected chi connectivity index (χ3v) is 10.2. The van der Waals surface area contributed by atoms with E-state index in [0.717, 1.165) is 5.92 Å². The van der Waals surface area contributed by atoms with Crippen molar-refractivity contribution in [2.75, 3.05) is 0 Å². The lowest BCUT2D eigenvalue weighted by Gasteiger charge is -2.54. The summed E-state index contributed by atoms with van der Waals surface area (Å²) in [5, 5.41) is 0. The maximum absolute atomic E-state index is 2.66. The summed E-state index contributed by atoms with van der Waals surface area (Å²) in [5.41, 5.74) is 2.20. The van der Waals surface area contributed by atoms with Crippen LogP contribution in [0.25, 0.3) is 0 Å². The Bertz CT molecular complexity index is 463. The van der Waals surface area contributed by atoms with Crippen LogP contribution in [0.5, 0.6) is 0 Å². The third-order valence-electron chi connectivity index (χ3n) is 10.2. The van der Waals surface area contributed by atoms with Crippen LogP contribution in [0.15, 0.2) is 0 Å². The minimum atomic E-state index is 0.392. The van der Waals surface area contributed by atoms with Crippen molar-refractivity contribution in [1.82, 2.24) is 0 Å². The predicted octanol–water partition coefficient (Wildman–Crippen LogP) is 10.1. The van der Waals surface area contributed by atoms with Crippen molar-refractivity contribution in [3.05, 3.63) is 0 Å². The molecule has 1 aliphatic carbocycles. The highest BCUT2D eigenvalue weighted by molar-refractivity contribution is 4.98. The van der Waals surface area contributed by atoms with E-state index in [1.807, 2.05) is 0 Å². The molecule has 0 N–H and O–H groups in total. The summed E-state index contributed by atoms with van der Waals surface area (Å²) in [6, 6.07) is 0. The maximum atomic E-state index is 2.66. The van der Waals surface area contributed by atoms with Crippen LogP contribution in [-0.4, -0.2) is 0 Å². The molecule has 1 aliphatic rings. The summed E-state index contributed by atoms with van der Waals surface area (Å²) in [7, 11) is 0. The molecule has 0 aliphatic heterocycles. The van der Waals surface area contributed by atoms with Crippen LogP contribution in [0.4, 0.5) is 0 Å². The molecule has 0 aromatic rings. The molecule has 168 valence electrons. The second-order valence-corrected chi connectivity index (χ2v) is 13.2. The monoisotopic (exact) mass is 392 g/mol. The smallest absolute Gasteiger partial charge is 0.0267 e. The summed E-state index contributed by atoms with van der Waals surface area (Å²) in [4.78, 5) is 0. The van der Waals surface area contributed by atoms with Crippen molar-refractivity contribution in [1.29, 1.82) is 0 Å². The van der Waals surface area contributed by atoms with Crippen molar-refractivity contribution in [2.24, 2.45) is 33.0 Å². The van der Waals surface area contributed by atoms with Crippen LogP contribution in [0.1, 0.15) is 147 Å². The fourth-order valence-electron chi connectivity index (χ4n) is 6.59. The summed E-state index contributed by atoms with van der Waals surface area (Å²) in [6.07, 6.45) is 15.3. The van der Waals surface area contributed by atoms with E-state index in [0.29, 0.717) is 27.1 Å². The van der Waals surface area contributed by atoms with Crippen LogP contribution in [0, 0.1) is 33.0 Å². The van der Waals surface area contributed by atoms with Crippen LogP contribution in [0.3, 0.4) is 0 Å². The van der Waals surface area contributed by atoms with Gasteiger partial charge in [-0.3, -0.25) is 0 Å². The molecule has 28 heavy (non-hydrogen) atoms. The summed E-state index contributed by atoms with van der Waals surface area (Å²) < 4.78 is 0. The highest BCUT2D eigenvalue weighted by Crippen LogP contribution is 2.58. The van der Waals surface area contributed by atoms with Gasteiger partial charge in [-0.15, -0.1) is 0 Å². The van der Waals surface area contributed by atoms with Gasteiger partial charge in [0.15, 0.2) is 0 Å². The van der Waals surface area contributed by atoms with Gasteiger partial charge < -0.3 is 0 Å². The van der Waals surface area contributed by atoms with Crippen molar-refractivity contribution < 1.29 is 0 Å². The molecule has 1 rings (SSSR count). The summed E-state index contributed by atoms with van der Waals surface area (Å²) in [5.74, 6) is 0.792. The van der Waals surface area contributed by atoms with Crippen molar-refractivity contribution in [3.63, 3.8) is 0 Å². The zero-order valence-electron chi connectivity index (χ0n) is 21.9. The van der Waals surface area contributed by atoms with Crippen LogP contribution < -0.4 is 0 Å². The molecule has 0 heterocycles. The van der Waals surface area contributed by atoms with Gasteiger partial charge in [-0.1, -0.05) is 121 Å². The molecular weight excluding hydrogens is 336 g/mol. The van der Waals surface area contributed by atoms with Crippen LogP contribution in [0.2, 0.25) is 0 Å². The van der Waals surface area contributed by atoms with E-state index in [4.69, 9.17) is 0 Å². The second-order valence-electron chi connectivity index (χ2n) is 13.2. The van der Waals surface area contributed by atoms with E-state index < -0.39 is 0 Å². The van der Waals surface area contributed by atoms with Gasteiger partial charge >= 0.3 is 0 Å². The molecule has 0 saturated heterocycles. The molecule has 0 aromatic carbocycles. The highest BCUT2D eigenvalue weighted by Gasteiger charge is 2.49. The van der Waals surface area contributed by atoms with E-state index in [1.165, 1.54) is 70.6 Å². The molecule has 0 heteroatoms. The average Bonchev–Trinajstić information content (AvgIpc) is 2.60. The van der Waals surface area contributed by atoms with E-state index in [1.54, 1.807) is 0 Å². The third kappa shape index (κ3) is 5.57. The quantitative estimate of drug-likeness (QED) is 0.436. The number of hydrogen-bond donors (Lipinski definition) is 0. The lowest BCUT2D eigenvalue weighted by atomic mass is 9.50. The zero-order valence-corrected chi connectivity index (χ0v) is 21.9.